The van der Waals surface area contributed by atoms with E-state index in [0.717, 1.165) is 22.2 Å². The highest BCUT2D eigenvalue weighted by atomic mass is 16.5. The predicted octanol–water partition coefficient (Wildman–Crippen LogP) is 2.47. The molecule has 1 fully saturated rings. The normalized spacial score (nSPS) is 14.2. The molecule has 0 spiro atoms. The van der Waals surface area contributed by atoms with Crippen LogP contribution in [0.4, 0.5) is 0 Å². The fourth-order valence-electron chi connectivity index (χ4n) is 4.46. The average Bonchev–Trinajstić information content (AvgIpc) is 3.52. The number of likely N-dealkylation sites (tertiary alicyclic amines) is 1. The van der Waals surface area contributed by atoms with Gasteiger partial charge in [0.05, 0.1) is 31.1 Å². The fourth-order valence-corrected chi connectivity index (χ4v) is 4.46. The van der Waals surface area contributed by atoms with Crippen molar-refractivity contribution in [1.29, 1.82) is 0 Å². The number of benzene rings is 1. The number of nitrogens with zero attached hydrogens (tertiary/aromatic N) is 6. The molecule has 3 aromatic heterocycles. The first kappa shape index (κ1) is 23.5. The first-order chi connectivity index (χ1) is 17.4. The zero-order valence-corrected chi connectivity index (χ0v) is 20.4. The van der Waals surface area contributed by atoms with Crippen molar-refractivity contribution in [3.63, 3.8) is 0 Å². The predicted molar refractivity (Wildman–Crippen MR) is 130 cm³/mol. The monoisotopic (exact) mass is 489 g/mol. The van der Waals surface area contributed by atoms with Crippen LogP contribution < -0.4 is 10.1 Å². The van der Waals surface area contributed by atoms with Gasteiger partial charge in [0.2, 0.25) is 17.6 Å². The Kier molecular flexibility index (Phi) is 6.36. The Morgan fingerprint density at radius 1 is 1.19 bits per heavy atom. The second-order valence-corrected chi connectivity index (χ2v) is 8.82. The van der Waals surface area contributed by atoms with Crippen molar-refractivity contribution >= 4 is 22.7 Å². The highest BCUT2D eigenvalue weighted by molar-refractivity contribution is 5.94. The highest BCUT2D eigenvalue weighted by Crippen LogP contribution is 2.30. The van der Waals surface area contributed by atoms with Crippen LogP contribution in [0.5, 0.6) is 5.75 Å². The lowest BCUT2D eigenvalue weighted by atomic mass is 9.96. The second-order valence-electron chi connectivity index (χ2n) is 8.82. The molecule has 11 nitrogen and oxygen atoms in total. The Labute approximate surface area is 207 Å². The van der Waals surface area contributed by atoms with Crippen LogP contribution in [0.1, 0.15) is 40.8 Å². The summed E-state index contributed by atoms with van der Waals surface area (Å²) in [5.74, 6) is 1.22. The number of fused-ring (bicyclic) bond motifs is 1. The molecule has 0 aliphatic carbocycles. The summed E-state index contributed by atoms with van der Waals surface area (Å²) in [5, 5.41) is 12.4. The number of carbonyl (C=O) groups excluding carboxylic acids is 2. The van der Waals surface area contributed by atoms with Gasteiger partial charge in [0.25, 0.3) is 5.91 Å². The number of aryl methyl sites for hydroxylation is 2. The molecule has 1 aliphatic rings. The number of amides is 2. The molecule has 0 atom stereocenters. The maximum absolute atomic E-state index is 12.6. The van der Waals surface area contributed by atoms with E-state index in [1.807, 2.05) is 36.9 Å². The Bertz CT molecular complexity index is 1400. The van der Waals surface area contributed by atoms with Gasteiger partial charge in [-0.3, -0.25) is 14.3 Å². The summed E-state index contributed by atoms with van der Waals surface area (Å²) in [6.45, 7) is 3.01. The van der Waals surface area contributed by atoms with Crippen LogP contribution in [0.15, 0.2) is 41.1 Å². The number of carbonyl (C=O) groups is 2. The van der Waals surface area contributed by atoms with Gasteiger partial charge in [0.15, 0.2) is 0 Å². The van der Waals surface area contributed by atoms with Gasteiger partial charge in [-0.15, -0.1) is 0 Å². The van der Waals surface area contributed by atoms with Crippen LogP contribution in [0.25, 0.3) is 22.3 Å². The molecule has 2 amide bonds. The number of pyridine rings is 1. The van der Waals surface area contributed by atoms with E-state index in [2.05, 4.69) is 25.5 Å². The number of ether oxygens (including phenoxy) is 1. The minimum absolute atomic E-state index is 0.0797. The maximum atomic E-state index is 12.6. The van der Waals surface area contributed by atoms with Crippen LogP contribution in [-0.2, 0) is 11.8 Å². The van der Waals surface area contributed by atoms with Crippen molar-refractivity contribution in [3.05, 3.63) is 53.8 Å². The van der Waals surface area contributed by atoms with Crippen LogP contribution >= 0.6 is 0 Å². The summed E-state index contributed by atoms with van der Waals surface area (Å²) < 4.78 is 12.5. The van der Waals surface area contributed by atoms with Crippen molar-refractivity contribution in [2.75, 3.05) is 26.7 Å². The first-order valence-corrected chi connectivity index (χ1v) is 11.8. The molecule has 186 valence electrons. The third-order valence-electron chi connectivity index (χ3n) is 6.54. The second kappa shape index (κ2) is 9.76. The number of aromatic nitrogens is 5. The summed E-state index contributed by atoms with van der Waals surface area (Å²) in [6.07, 6.45) is 2.88. The van der Waals surface area contributed by atoms with Gasteiger partial charge < -0.3 is 19.5 Å². The first-order valence-electron chi connectivity index (χ1n) is 11.8. The van der Waals surface area contributed by atoms with Gasteiger partial charge in [-0.05, 0) is 38.0 Å². The van der Waals surface area contributed by atoms with E-state index < -0.39 is 5.91 Å². The summed E-state index contributed by atoms with van der Waals surface area (Å²) in [4.78, 5) is 35.3. The number of methoxy groups -OCH3 is 1. The summed E-state index contributed by atoms with van der Waals surface area (Å²) in [6, 6.07) is 9.22. The van der Waals surface area contributed by atoms with Crippen LogP contribution in [-0.4, -0.2) is 68.4 Å². The Balaban J connectivity index is 1.15. The number of piperidine rings is 1. The number of rotatable bonds is 6. The molecule has 1 N–H and O–H groups in total. The summed E-state index contributed by atoms with van der Waals surface area (Å²) >= 11 is 0. The van der Waals surface area contributed by atoms with E-state index in [9.17, 15) is 9.59 Å². The molecular formula is C25H27N7O4. The Morgan fingerprint density at radius 2 is 2.00 bits per heavy atom. The van der Waals surface area contributed by atoms with Crippen molar-refractivity contribution < 1.29 is 18.8 Å². The van der Waals surface area contributed by atoms with Crippen molar-refractivity contribution in [2.45, 2.75) is 25.7 Å². The van der Waals surface area contributed by atoms with Gasteiger partial charge in [0.1, 0.15) is 11.4 Å². The van der Waals surface area contributed by atoms with Crippen molar-refractivity contribution in [1.82, 2.24) is 35.1 Å². The number of hydrogen-bond acceptors (Lipinski definition) is 8. The van der Waals surface area contributed by atoms with E-state index in [-0.39, 0.29) is 24.1 Å². The number of nitrogens with one attached hydrogen (secondary N) is 1. The fraction of sp³-hybridized carbons (Fsp3) is 0.360. The molecule has 0 saturated carbocycles. The Morgan fingerprint density at radius 3 is 2.72 bits per heavy atom. The molecule has 1 aromatic carbocycles. The molecular weight excluding hydrogens is 462 g/mol. The van der Waals surface area contributed by atoms with Gasteiger partial charge in [-0.1, -0.05) is 17.3 Å². The molecule has 4 heterocycles. The van der Waals surface area contributed by atoms with E-state index in [0.29, 0.717) is 43.4 Å². The van der Waals surface area contributed by atoms with Crippen molar-refractivity contribution in [2.24, 2.45) is 7.05 Å². The SMILES string of the molecule is COc1ccc(C(=O)NCC(=O)N2CCC(c3nc(-c4ccc5c(C)nn(C)c5c4)no3)CC2)nc1. The zero-order chi connectivity index (χ0) is 25.2. The molecule has 11 heteroatoms. The van der Waals surface area contributed by atoms with E-state index in [1.54, 1.807) is 17.0 Å². The lowest BCUT2D eigenvalue weighted by molar-refractivity contribution is -0.131. The van der Waals surface area contributed by atoms with Gasteiger partial charge >= 0.3 is 0 Å². The largest absolute Gasteiger partial charge is 0.495 e. The molecule has 0 bridgehead atoms. The van der Waals surface area contributed by atoms with E-state index >= 15 is 0 Å². The summed E-state index contributed by atoms with van der Waals surface area (Å²) in [7, 11) is 3.44. The van der Waals surface area contributed by atoms with Crippen LogP contribution in [0.2, 0.25) is 0 Å². The molecule has 5 rings (SSSR count). The van der Waals surface area contributed by atoms with Crippen molar-refractivity contribution in [3.8, 4) is 17.1 Å². The van der Waals surface area contributed by atoms with Gasteiger partial charge in [-0.2, -0.15) is 10.1 Å². The Hall–Kier alpha value is -4.28. The van der Waals surface area contributed by atoms with E-state index in [4.69, 9.17) is 9.26 Å². The lowest BCUT2D eigenvalue weighted by Gasteiger charge is -2.30. The number of hydrogen-bond donors (Lipinski definition) is 1. The minimum atomic E-state index is -0.404. The van der Waals surface area contributed by atoms with Crippen LogP contribution in [0.3, 0.4) is 0 Å². The zero-order valence-electron chi connectivity index (χ0n) is 20.4. The molecule has 0 radical (unpaired) electrons. The van der Waals surface area contributed by atoms with Crippen LogP contribution in [0, 0.1) is 6.92 Å². The third kappa shape index (κ3) is 4.64. The molecule has 1 saturated heterocycles. The standard InChI is InChI=1S/C25H27N7O4/c1-15-19-6-4-17(12-21(19)31(2)29-15)23-28-25(36-30-23)16-8-10-32(11-9-16)22(33)14-27-24(34)20-7-5-18(35-3)13-26-20/h4-7,12-13,16H,8-11,14H2,1-3H3,(H,27,34). The average molecular weight is 490 g/mol. The molecule has 36 heavy (non-hydrogen) atoms. The van der Waals surface area contributed by atoms with Gasteiger partial charge in [0, 0.05) is 37.0 Å². The minimum Gasteiger partial charge on any atom is -0.495 e. The van der Waals surface area contributed by atoms with E-state index in [1.165, 1.54) is 13.3 Å². The highest BCUT2D eigenvalue weighted by Gasteiger charge is 2.28. The smallest absolute Gasteiger partial charge is 0.270 e. The third-order valence-corrected chi connectivity index (χ3v) is 6.54. The molecule has 0 unspecified atom stereocenters. The lowest BCUT2D eigenvalue weighted by Crippen LogP contribution is -2.43. The summed E-state index contributed by atoms with van der Waals surface area (Å²) in [5.41, 5.74) is 3.09. The topological polar surface area (TPSA) is 128 Å². The quantitative estimate of drug-likeness (QED) is 0.437. The molecule has 1 aliphatic heterocycles. The van der Waals surface area contributed by atoms with Gasteiger partial charge in [-0.25, -0.2) is 4.98 Å². The maximum Gasteiger partial charge on any atom is 0.270 e. The molecule has 4 aromatic rings.